The molecule has 62 valence electrons. The molecule has 0 fully saturated rings. The molecule has 0 radical (unpaired) electrons. The Bertz CT molecular complexity index is 339. The van der Waals surface area contributed by atoms with Crippen LogP contribution in [0.3, 0.4) is 0 Å². The molecule has 0 aliphatic rings. The van der Waals surface area contributed by atoms with Crippen molar-refractivity contribution in [2.75, 3.05) is 0 Å². The third-order valence-corrected chi connectivity index (χ3v) is 2.30. The highest BCUT2D eigenvalue weighted by molar-refractivity contribution is 6.35. The third kappa shape index (κ3) is 1.91. The zero-order chi connectivity index (χ0) is 9.14. The smallest absolute Gasteiger partial charge is 0.0669 e. The van der Waals surface area contributed by atoms with Gasteiger partial charge in [-0.3, -0.25) is 0 Å². The molecule has 1 aromatic rings. The van der Waals surface area contributed by atoms with Crippen LogP contribution in [0, 0.1) is 18.3 Å². The molecule has 0 atom stereocenters. The van der Waals surface area contributed by atoms with Gasteiger partial charge in [0, 0.05) is 10.0 Å². The molecule has 0 spiro atoms. The van der Waals surface area contributed by atoms with Crippen molar-refractivity contribution < 1.29 is 0 Å². The SMILES string of the molecule is Cc1c(Cl)cc(Cl)cc1CC#N. The Morgan fingerprint density at radius 1 is 1.42 bits per heavy atom. The zero-order valence-corrected chi connectivity index (χ0v) is 8.08. The van der Waals surface area contributed by atoms with Gasteiger partial charge in [0.15, 0.2) is 0 Å². The quantitative estimate of drug-likeness (QED) is 0.681. The maximum atomic E-state index is 8.49. The van der Waals surface area contributed by atoms with Gasteiger partial charge >= 0.3 is 0 Å². The Labute approximate surface area is 81.5 Å². The summed E-state index contributed by atoms with van der Waals surface area (Å²) in [5.74, 6) is 0. The Morgan fingerprint density at radius 2 is 2.08 bits per heavy atom. The molecule has 0 saturated carbocycles. The summed E-state index contributed by atoms with van der Waals surface area (Å²) in [6, 6.07) is 5.51. The van der Waals surface area contributed by atoms with Crippen molar-refractivity contribution in [2.45, 2.75) is 13.3 Å². The molecule has 12 heavy (non-hydrogen) atoms. The number of rotatable bonds is 1. The second-order valence-electron chi connectivity index (χ2n) is 2.51. The Hall–Kier alpha value is -0.710. The predicted molar refractivity (Wildman–Crippen MR) is 50.5 cm³/mol. The standard InChI is InChI=1S/C9H7Cl2N/c1-6-7(2-3-12)4-8(10)5-9(6)11/h4-5H,2H2,1H3. The van der Waals surface area contributed by atoms with Crippen molar-refractivity contribution >= 4 is 23.2 Å². The lowest BCUT2D eigenvalue weighted by Crippen LogP contribution is -1.88. The molecule has 0 unspecified atom stereocenters. The topological polar surface area (TPSA) is 23.8 Å². The molecule has 1 aromatic carbocycles. The van der Waals surface area contributed by atoms with E-state index in [4.69, 9.17) is 28.5 Å². The third-order valence-electron chi connectivity index (χ3n) is 1.69. The number of hydrogen-bond acceptors (Lipinski definition) is 1. The summed E-state index contributed by atoms with van der Waals surface area (Å²) >= 11 is 11.6. The Balaban J connectivity index is 3.20. The van der Waals surface area contributed by atoms with Gasteiger partial charge in [-0.2, -0.15) is 5.26 Å². The lowest BCUT2D eigenvalue weighted by Gasteiger charge is -2.03. The lowest BCUT2D eigenvalue weighted by molar-refractivity contribution is 1.21. The Kier molecular flexibility index (Phi) is 2.97. The largest absolute Gasteiger partial charge is 0.198 e. The van der Waals surface area contributed by atoms with Crippen molar-refractivity contribution in [1.29, 1.82) is 5.26 Å². The van der Waals surface area contributed by atoms with Crippen LogP contribution in [0.2, 0.25) is 10.0 Å². The maximum Gasteiger partial charge on any atom is 0.0669 e. The maximum absolute atomic E-state index is 8.49. The van der Waals surface area contributed by atoms with Crippen LogP contribution in [-0.2, 0) is 6.42 Å². The van der Waals surface area contributed by atoms with Crippen LogP contribution in [0.15, 0.2) is 12.1 Å². The molecule has 0 amide bonds. The first-order chi connectivity index (χ1) is 5.65. The highest BCUT2D eigenvalue weighted by atomic mass is 35.5. The van der Waals surface area contributed by atoms with Gasteiger partial charge in [0.1, 0.15) is 0 Å². The molecule has 0 aliphatic heterocycles. The molecular weight excluding hydrogens is 193 g/mol. The van der Waals surface area contributed by atoms with Crippen LogP contribution in [0.25, 0.3) is 0 Å². The molecule has 0 aliphatic carbocycles. The summed E-state index contributed by atoms with van der Waals surface area (Å²) in [5, 5.41) is 9.69. The van der Waals surface area contributed by atoms with Crippen molar-refractivity contribution in [3.8, 4) is 6.07 Å². The van der Waals surface area contributed by atoms with Crippen LogP contribution in [0.1, 0.15) is 11.1 Å². The van der Waals surface area contributed by atoms with E-state index >= 15 is 0 Å². The summed E-state index contributed by atoms with van der Waals surface area (Å²) in [4.78, 5) is 0. The number of nitrogens with zero attached hydrogens (tertiary/aromatic N) is 1. The van der Waals surface area contributed by atoms with Gasteiger partial charge in [0.25, 0.3) is 0 Å². The van der Waals surface area contributed by atoms with Crippen LogP contribution >= 0.6 is 23.2 Å². The molecule has 1 rings (SSSR count). The minimum Gasteiger partial charge on any atom is -0.198 e. The number of halogens is 2. The minimum atomic E-state index is 0.353. The highest BCUT2D eigenvalue weighted by Crippen LogP contribution is 2.24. The second kappa shape index (κ2) is 3.80. The Morgan fingerprint density at radius 3 is 2.67 bits per heavy atom. The van der Waals surface area contributed by atoms with E-state index in [2.05, 4.69) is 6.07 Å². The van der Waals surface area contributed by atoms with Gasteiger partial charge < -0.3 is 0 Å². The second-order valence-corrected chi connectivity index (χ2v) is 3.35. The summed E-state index contributed by atoms with van der Waals surface area (Å²) in [7, 11) is 0. The molecule has 0 N–H and O–H groups in total. The van der Waals surface area contributed by atoms with Crippen molar-refractivity contribution in [3.63, 3.8) is 0 Å². The number of benzene rings is 1. The van der Waals surface area contributed by atoms with Gasteiger partial charge in [0.05, 0.1) is 12.5 Å². The normalized spacial score (nSPS) is 9.50. The van der Waals surface area contributed by atoms with Gasteiger partial charge in [-0.1, -0.05) is 23.2 Å². The summed E-state index contributed by atoms with van der Waals surface area (Å²) < 4.78 is 0. The van der Waals surface area contributed by atoms with Gasteiger partial charge in [-0.25, -0.2) is 0 Å². The van der Waals surface area contributed by atoms with Gasteiger partial charge in [0.2, 0.25) is 0 Å². The van der Waals surface area contributed by atoms with Crippen molar-refractivity contribution in [3.05, 3.63) is 33.3 Å². The predicted octanol–water partition coefficient (Wildman–Crippen LogP) is 3.37. The van der Waals surface area contributed by atoms with Crippen LogP contribution in [0.4, 0.5) is 0 Å². The molecule has 0 saturated heterocycles. The van der Waals surface area contributed by atoms with E-state index in [0.717, 1.165) is 11.1 Å². The molecule has 0 aromatic heterocycles. The highest BCUT2D eigenvalue weighted by Gasteiger charge is 2.03. The average Bonchev–Trinajstić information content (AvgIpc) is 2.00. The fraction of sp³-hybridized carbons (Fsp3) is 0.222. The van der Waals surface area contributed by atoms with Crippen LogP contribution in [-0.4, -0.2) is 0 Å². The van der Waals surface area contributed by atoms with E-state index in [1.54, 1.807) is 12.1 Å². The number of hydrogen-bond donors (Lipinski definition) is 0. The van der Waals surface area contributed by atoms with Crippen LogP contribution in [0.5, 0.6) is 0 Å². The first kappa shape index (κ1) is 9.38. The molecule has 0 heterocycles. The lowest BCUT2D eigenvalue weighted by atomic mass is 10.1. The van der Waals surface area contributed by atoms with E-state index in [-0.39, 0.29) is 0 Å². The fourth-order valence-corrected chi connectivity index (χ4v) is 1.50. The molecule has 3 heteroatoms. The van der Waals surface area contributed by atoms with Crippen LogP contribution < -0.4 is 0 Å². The summed E-state index contributed by atoms with van der Waals surface area (Å²) in [6.07, 6.45) is 0.353. The van der Waals surface area contributed by atoms with Crippen molar-refractivity contribution in [2.24, 2.45) is 0 Å². The molecule has 1 nitrogen and oxygen atoms in total. The summed E-state index contributed by atoms with van der Waals surface area (Å²) in [5.41, 5.74) is 1.83. The van der Waals surface area contributed by atoms with Crippen molar-refractivity contribution in [1.82, 2.24) is 0 Å². The zero-order valence-electron chi connectivity index (χ0n) is 6.56. The van der Waals surface area contributed by atoms with E-state index in [1.807, 2.05) is 6.92 Å². The summed E-state index contributed by atoms with van der Waals surface area (Å²) in [6.45, 7) is 1.88. The first-order valence-electron chi connectivity index (χ1n) is 3.46. The van der Waals surface area contributed by atoms with E-state index in [9.17, 15) is 0 Å². The first-order valence-corrected chi connectivity index (χ1v) is 4.22. The number of nitriles is 1. The minimum absolute atomic E-state index is 0.353. The van der Waals surface area contributed by atoms with Gasteiger partial charge in [-0.15, -0.1) is 0 Å². The van der Waals surface area contributed by atoms with E-state index < -0.39 is 0 Å². The molecular formula is C9H7Cl2N. The van der Waals surface area contributed by atoms with E-state index in [1.165, 1.54) is 0 Å². The van der Waals surface area contributed by atoms with E-state index in [0.29, 0.717) is 16.5 Å². The van der Waals surface area contributed by atoms with Gasteiger partial charge in [-0.05, 0) is 30.2 Å². The average molecular weight is 200 g/mol. The monoisotopic (exact) mass is 199 g/mol. The fourth-order valence-electron chi connectivity index (χ4n) is 0.968. The molecule has 0 bridgehead atoms.